The second kappa shape index (κ2) is 4.63. The van der Waals surface area contributed by atoms with Crippen LogP contribution in [0.2, 0.25) is 0 Å². The molecule has 0 aliphatic carbocycles. The van der Waals surface area contributed by atoms with Gasteiger partial charge in [-0.15, -0.1) is 0 Å². The molecule has 1 heterocycles. The Balaban J connectivity index is 2.23. The van der Waals surface area contributed by atoms with Crippen molar-refractivity contribution >= 4 is 0 Å². The summed E-state index contributed by atoms with van der Waals surface area (Å²) in [6, 6.07) is 0. The second-order valence-electron chi connectivity index (χ2n) is 3.23. The third-order valence-corrected chi connectivity index (χ3v) is 2.12. The molecule has 0 spiro atoms. The maximum absolute atomic E-state index is 5.55. The van der Waals surface area contributed by atoms with Crippen LogP contribution in [-0.4, -0.2) is 18.5 Å². The molecule has 0 amide bonds. The Morgan fingerprint density at radius 3 is 2.17 bits per heavy atom. The van der Waals surface area contributed by atoms with Gasteiger partial charge in [0, 0.05) is 6.42 Å². The van der Waals surface area contributed by atoms with Crippen molar-refractivity contribution in [2.24, 2.45) is 0 Å². The Morgan fingerprint density at radius 1 is 1.08 bits per heavy atom. The summed E-state index contributed by atoms with van der Waals surface area (Å²) < 4.78 is 11.1. The summed E-state index contributed by atoms with van der Waals surface area (Å²) in [4.78, 5) is 0. The van der Waals surface area contributed by atoms with Crippen LogP contribution in [0.1, 0.15) is 33.6 Å². The first-order chi connectivity index (χ1) is 5.74. The van der Waals surface area contributed by atoms with Gasteiger partial charge in [-0.25, -0.2) is 0 Å². The predicted molar refractivity (Wildman–Crippen MR) is 48.9 cm³/mol. The third-order valence-electron chi connectivity index (χ3n) is 2.12. The van der Waals surface area contributed by atoms with Crippen molar-refractivity contribution in [1.82, 2.24) is 0 Å². The van der Waals surface area contributed by atoms with E-state index in [1.165, 1.54) is 0 Å². The molecule has 0 unspecified atom stereocenters. The molecule has 1 rings (SSSR count). The fraction of sp³-hybridized carbons (Fsp3) is 0.800. The van der Waals surface area contributed by atoms with Crippen molar-refractivity contribution in [2.45, 2.75) is 52.1 Å². The molecule has 1 aliphatic rings. The third kappa shape index (κ3) is 2.61. The van der Waals surface area contributed by atoms with E-state index in [0.29, 0.717) is 0 Å². The van der Waals surface area contributed by atoms with Gasteiger partial charge in [0.25, 0.3) is 0 Å². The van der Waals surface area contributed by atoms with E-state index in [4.69, 9.17) is 9.47 Å². The Labute approximate surface area is 74.6 Å². The molecule has 0 aromatic heterocycles. The van der Waals surface area contributed by atoms with Crippen LogP contribution in [0, 0.1) is 0 Å². The van der Waals surface area contributed by atoms with Gasteiger partial charge in [0.05, 0.1) is 12.2 Å². The zero-order valence-electron chi connectivity index (χ0n) is 8.12. The molecule has 2 nitrogen and oxygen atoms in total. The van der Waals surface area contributed by atoms with Crippen LogP contribution in [0.25, 0.3) is 0 Å². The molecular weight excluding hydrogens is 152 g/mol. The number of rotatable bonds is 3. The lowest BCUT2D eigenvalue weighted by atomic mass is 10.3. The lowest BCUT2D eigenvalue weighted by Crippen LogP contribution is -2.13. The lowest BCUT2D eigenvalue weighted by molar-refractivity contribution is -0.0589. The van der Waals surface area contributed by atoms with Crippen molar-refractivity contribution in [1.29, 1.82) is 0 Å². The standard InChI is InChI=1S/C10H18O2/c1-4-5-6-7-10-11-8(2)9(3)12-10/h5-6,8-10H,4,7H2,1-3H3/b6-5-/t8-,9-/m1/s1. The number of hydrogen-bond acceptors (Lipinski definition) is 2. The molecule has 0 N–H and O–H groups in total. The maximum Gasteiger partial charge on any atom is 0.161 e. The Bertz CT molecular complexity index is 144. The quantitative estimate of drug-likeness (QED) is 0.606. The summed E-state index contributed by atoms with van der Waals surface area (Å²) >= 11 is 0. The zero-order valence-corrected chi connectivity index (χ0v) is 8.12. The molecule has 1 aliphatic heterocycles. The Morgan fingerprint density at radius 2 is 1.67 bits per heavy atom. The van der Waals surface area contributed by atoms with Gasteiger partial charge < -0.3 is 9.47 Å². The smallest absolute Gasteiger partial charge is 0.161 e. The summed E-state index contributed by atoms with van der Waals surface area (Å²) in [5.74, 6) is 0. The van der Waals surface area contributed by atoms with Crippen LogP contribution in [0.3, 0.4) is 0 Å². The second-order valence-corrected chi connectivity index (χ2v) is 3.23. The van der Waals surface area contributed by atoms with E-state index in [2.05, 4.69) is 19.1 Å². The van der Waals surface area contributed by atoms with Crippen LogP contribution in [0.5, 0.6) is 0 Å². The fourth-order valence-electron chi connectivity index (χ4n) is 1.22. The minimum Gasteiger partial charge on any atom is -0.347 e. The van der Waals surface area contributed by atoms with Crippen molar-refractivity contribution in [2.75, 3.05) is 0 Å². The summed E-state index contributed by atoms with van der Waals surface area (Å²) in [5, 5.41) is 0. The average molecular weight is 170 g/mol. The molecule has 1 fully saturated rings. The Hall–Kier alpha value is -0.340. The Kier molecular flexibility index (Phi) is 3.76. The van der Waals surface area contributed by atoms with E-state index < -0.39 is 0 Å². The van der Waals surface area contributed by atoms with Gasteiger partial charge in [0.2, 0.25) is 0 Å². The molecule has 0 bridgehead atoms. The van der Waals surface area contributed by atoms with Gasteiger partial charge in [-0.1, -0.05) is 19.1 Å². The monoisotopic (exact) mass is 170 g/mol. The molecule has 0 aromatic carbocycles. The molecule has 0 radical (unpaired) electrons. The molecule has 0 aromatic rings. The topological polar surface area (TPSA) is 18.5 Å². The van der Waals surface area contributed by atoms with Gasteiger partial charge in [0.1, 0.15) is 0 Å². The predicted octanol–water partition coefficient (Wildman–Crippen LogP) is 2.49. The molecule has 1 saturated heterocycles. The van der Waals surface area contributed by atoms with E-state index in [1.54, 1.807) is 0 Å². The minimum atomic E-state index is -0.0159. The number of allylic oxidation sites excluding steroid dienone is 1. The summed E-state index contributed by atoms with van der Waals surface area (Å²) in [6.45, 7) is 6.22. The van der Waals surface area contributed by atoms with Crippen LogP contribution >= 0.6 is 0 Å². The molecule has 12 heavy (non-hydrogen) atoms. The summed E-state index contributed by atoms with van der Waals surface area (Å²) in [6.07, 6.45) is 6.68. The number of hydrogen-bond donors (Lipinski definition) is 0. The van der Waals surface area contributed by atoms with E-state index in [1.807, 2.05) is 13.8 Å². The van der Waals surface area contributed by atoms with Crippen molar-refractivity contribution in [3.05, 3.63) is 12.2 Å². The molecule has 70 valence electrons. The fourth-order valence-corrected chi connectivity index (χ4v) is 1.22. The van der Waals surface area contributed by atoms with E-state index in [0.717, 1.165) is 12.8 Å². The van der Waals surface area contributed by atoms with Gasteiger partial charge >= 0.3 is 0 Å². The highest BCUT2D eigenvalue weighted by atomic mass is 16.7. The summed E-state index contributed by atoms with van der Waals surface area (Å²) in [7, 11) is 0. The molecule has 2 atom stereocenters. The first-order valence-corrected chi connectivity index (χ1v) is 4.70. The SMILES string of the molecule is CC/C=C\CC1O[C@H](C)[C@@H](C)O1. The van der Waals surface area contributed by atoms with E-state index >= 15 is 0 Å². The zero-order chi connectivity index (χ0) is 8.97. The normalized spacial score (nSPS) is 31.9. The molecule has 2 heteroatoms. The largest absolute Gasteiger partial charge is 0.347 e. The van der Waals surface area contributed by atoms with E-state index in [-0.39, 0.29) is 18.5 Å². The highest BCUT2D eigenvalue weighted by Crippen LogP contribution is 2.20. The van der Waals surface area contributed by atoms with Gasteiger partial charge in [-0.3, -0.25) is 0 Å². The van der Waals surface area contributed by atoms with Crippen LogP contribution in [-0.2, 0) is 9.47 Å². The highest BCUT2D eigenvalue weighted by molar-refractivity contribution is 4.83. The molecular formula is C10H18O2. The summed E-state index contributed by atoms with van der Waals surface area (Å²) in [5.41, 5.74) is 0. The highest BCUT2D eigenvalue weighted by Gasteiger charge is 2.28. The van der Waals surface area contributed by atoms with Gasteiger partial charge in [-0.2, -0.15) is 0 Å². The lowest BCUT2D eigenvalue weighted by Gasteiger charge is -2.05. The van der Waals surface area contributed by atoms with Crippen LogP contribution in [0.4, 0.5) is 0 Å². The van der Waals surface area contributed by atoms with Crippen molar-refractivity contribution < 1.29 is 9.47 Å². The van der Waals surface area contributed by atoms with Gasteiger partial charge in [0.15, 0.2) is 6.29 Å². The average Bonchev–Trinajstić information content (AvgIpc) is 2.32. The van der Waals surface area contributed by atoms with Gasteiger partial charge in [-0.05, 0) is 20.3 Å². The van der Waals surface area contributed by atoms with Crippen LogP contribution in [0.15, 0.2) is 12.2 Å². The first-order valence-electron chi connectivity index (χ1n) is 4.70. The van der Waals surface area contributed by atoms with Crippen molar-refractivity contribution in [3.8, 4) is 0 Å². The number of ether oxygens (including phenoxy) is 2. The van der Waals surface area contributed by atoms with Crippen LogP contribution < -0.4 is 0 Å². The first kappa shape index (κ1) is 9.75. The minimum absolute atomic E-state index is 0.0159. The maximum atomic E-state index is 5.55. The van der Waals surface area contributed by atoms with Crippen molar-refractivity contribution in [3.63, 3.8) is 0 Å². The molecule has 0 saturated carbocycles. The van der Waals surface area contributed by atoms with E-state index in [9.17, 15) is 0 Å².